The number of carbonyl (C=O) groups is 1. The lowest BCUT2D eigenvalue weighted by Crippen LogP contribution is -2.34. The predicted molar refractivity (Wildman–Crippen MR) is 38.7 cm³/mol. The third-order valence-corrected chi connectivity index (χ3v) is 2.03. The molecule has 0 saturated heterocycles. The largest absolute Gasteiger partial charge is 0.486 e. The van der Waals surface area contributed by atoms with E-state index in [9.17, 15) is 4.79 Å². The van der Waals surface area contributed by atoms with Crippen LogP contribution >= 0.6 is 11.6 Å². The zero-order valence-corrected chi connectivity index (χ0v) is 6.52. The fourth-order valence-corrected chi connectivity index (χ4v) is 0.968. The predicted octanol–water partition coefficient (Wildman–Crippen LogP) is 1.83. The first-order valence-electron chi connectivity index (χ1n) is 3.18. The molecule has 1 aliphatic rings. The lowest BCUT2D eigenvalue weighted by molar-refractivity contribution is -0.129. The molecule has 0 spiro atoms. The normalized spacial score (nSPS) is 31.4. The van der Waals surface area contributed by atoms with E-state index in [0.29, 0.717) is 6.42 Å². The van der Waals surface area contributed by atoms with Gasteiger partial charge in [0.1, 0.15) is 0 Å². The van der Waals surface area contributed by atoms with E-state index in [-0.39, 0.29) is 0 Å². The fraction of sp³-hybridized carbons (Fsp3) is 0.571. The molecule has 56 valence electrons. The summed E-state index contributed by atoms with van der Waals surface area (Å²) in [6, 6.07) is 0. The summed E-state index contributed by atoms with van der Waals surface area (Å²) in [6.07, 6.45) is 4.94. The van der Waals surface area contributed by atoms with Crippen molar-refractivity contribution in [2.75, 3.05) is 0 Å². The van der Waals surface area contributed by atoms with Crippen LogP contribution in [0.3, 0.4) is 0 Å². The Hall–Kier alpha value is -0.500. The highest BCUT2D eigenvalue weighted by atomic mass is 35.5. The molecule has 0 saturated carbocycles. The van der Waals surface area contributed by atoms with Gasteiger partial charge >= 0.3 is 0 Å². The summed E-state index contributed by atoms with van der Waals surface area (Å²) in [4.78, 5) is 10.7. The SMILES string of the molecule is CC1(C(=O)Cl)CCC=CO1. The maximum atomic E-state index is 10.7. The molecule has 2 nitrogen and oxygen atoms in total. The van der Waals surface area contributed by atoms with Gasteiger partial charge in [-0.05, 0) is 37.4 Å². The Balaban J connectivity index is 2.68. The Bertz CT molecular complexity index is 176. The van der Waals surface area contributed by atoms with E-state index >= 15 is 0 Å². The first-order valence-corrected chi connectivity index (χ1v) is 3.56. The van der Waals surface area contributed by atoms with Gasteiger partial charge in [0.15, 0.2) is 5.60 Å². The summed E-state index contributed by atoms with van der Waals surface area (Å²) in [5.74, 6) is 0. The van der Waals surface area contributed by atoms with Gasteiger partial charge in [0.05, 0.1) is 6.26 Å². The number of carbonyl (C=O) groups excluding carboxylic acids is 1. The summed E-state index contributed by atoms with van der Waals surface area (Å²) in [7, 11) is 0. The van der Waals surface area contributed by atoms with Crippen LogP contribution in [-0.2, 0) is 9.53 Å². The monoisotopic (exact) mass is 160 g/mol. The summed E-state index contributed by atoms with van der Waals surface area (Å²) in [6.45, 7) is 1.70. The van der Waals surface area contributed by atoms with Gasteiger partial charge in [-0.15, -0.1) is 0 Å². The summed E-state index contributed by atoms with van der Waals surface area (Å²) in [5, 5.41) is -0.420. The summed E-state index contributed by atoms with van der Waals surface area (Å²) >= 11 is 5.30. The summed E-state index contributed by atoms with van der Waals surface area (Å²) < 4.78 is 5.06. The van der Waals surface area contributed by atoms with E-state index in [1.54, 1.807) is 6.92 Å². The van der Waals surface area contributed by atoms with Crippen LogP contribution in [0.5, 0.6) is 0 Å². The van der Waals surface area contributed by atoms with Crippen LogP contribution < -0.4 is 0 Å². The molecule has 0 aromatic heterocycles. The Labute approximate surface area is 64.8 Å². The van der Waals surface area contributed by atoms with E-state index in [4.69, 9.17) is 16.3 Å². The van der Waals surface area contributed by atoms with Gasteiger partial charge in [0, 0.05) is 0 Å². The van der Waals surface area contributed by atoms with Crippen molar-refractivity contribution in [2.45, 2.75) is 25.4 Å². The number of ether oxygens (including phenoxy) is 1. The minimum atomic E-state index is -0.781. The third-order valence-electron chi connectivity index (χ3n) is 1.63. The molecule has 0 aliphatic carbocycles. The third kappa shape index (κ3) is 1.32. The van der Waals surface area contributed by atoms with Crippen molar-refractivity contribution >= 4 is 16.8 Å². The van der Waals surface area contributed by atoms with Crippen molar-refractivity contribution in [1.29, 1.82) is 0 Å². The summed E-state index contributed by atoms with van der Waals surface area (Å²) in [5.41, 5.74) is -0.781. The smallest absolute Gasteiger partial charge is 0.265 e. The topological polar surface area (TPSA) is 26.3 Å². The molecular formula is C7H9ClO2. The zero-order chi connectivity index (χ0) is 7.61. The Morgan fingerprint density at radius 2 is 2.50 bits per heavy atom. The van der Waals surface area contributed by atoms with Gasteiger partial charge in [0.25, 0.3) is 5.24 Å². The molecule has 1 atom stereocenters. The number of hydrogen-bond acceptors (Lipinski definition) is 2. The molecule has 10 heavy (non-hydrogen) atoms. The van der Waals surface area contributed by atoms with Crippen molar-refractivity contribution < 1.29 is 9.53 Å². The molecule has 1 aliphatic heterocycles. The quantitative estimate of drug-likeness (QED) is 0.547. The van der Waals surface area contributed by atoms with Gasteiger partial charge in [-0.2, -0.15) is 0 Å². The highest BCUT2D eigenvalue weighted by molar-refractivity contribution is 6.65. The maximum Gasteiger partial charge on any atom is 0.265 e. The average molecular weight is 161 g/mol. The van der Waals surface area contributed by atoms with Crippen LogP contribution in [0, 0.1) is 0 Å². The Kier molecular flexibility index (Phi) is 2.00. The second-order valence-electron chi connectivity index (χ2n) is 2.53. The van der Waals surface area contributed by atoms with Crippen molar-refractivity contribution in [3.05, 3.63) is 12.3 Å². The molecule has 0 N–H and O–H groups in total. The first-order chi connectivity index (χ1) is 4.65. The van der Waals surface area contributed by atoms with Gasteiger partial charge < -0.3 is 4.74 Å². The van der Waals surface area contributed by atoms with E-state index in [1.165, 1.54) is 6.26 Å². The van der Waals surface area contributed by atoms with Crippen LogP contribution in [-0.4, -0.2) is 10.8 Å². The van der Waals surface area contributed by atoms with Crippen LogP contribution in [0.25, 0.3) is 0 Å². The minimum Gasteiger partial charge on any atom is -0.486 e. The van der Waals surface area contributed by atoms with Crippen molar-refractivity contribution in [3.63, 3.8) is 0 Å². The molecule has 1 unspecified atom stereocenters. The van der Waals surface area contributed by atoms with Crippen molar-refractivity contribution in [3.8, 4) is 0 Å². The second kappa shape index (κ2) is 2.62. The van der Waals surface area contributed by atoms with Crippen LogP contribution in [0.1, 0.15) is 19.8 Å². The van der Waals surface area contributed by atoms with Crippen LogP contribution in [0.2, 0.25) is 0 Å². The first kappa shape index (κ1) is 7.61. The molecule has 0 aromatic rings. The highest BCUT2D eigenvalue weighted by Gasteiger charge is 2.33. The molecule has 0 fully saturated rings. The van der Waals surface area contributed by atoms with Crippen LogP contribution in [0.15, 0.2) is 12.3 Å². The second-order valence-corrected chi connectivity index (χ2v) is 2.88. The van der Waals surface area contributed by atoms with E-state index in [0.717, 1.165) is 6.42 Å². The van der Waals surface area contributed by atoms with Crippen molar-refractivity contribution in [2.24, 2.45) is 0 Å². The molecule has 1 heterocycles. The standard InChI is InChI=1S/C7H9ClO2/c1-7(6(8)9)4-2-3-5-10-7/h3,5H,2,4H2,1H3. The fourth-order valence-electron chi connectivity index (χ4n) is 0.829. The zero-order valence-electron chi connectivity index (χ0n) is 5.76. The van der Waals surface area contributed by atoms with Gasteiger partial charge in [-0.3, -0.25) is 4.79 Å². The Morgan fingerprint density at radius 1 is 1.80 bits per heavy atom. The minimum absolute atomic E-state index is 0.420. The Morgan fingerprint density at radius 3 is 2.80 bits per heavy atom. The number of halogens is 1. The molecule has 1 rings (SSSR count). The molecule has 0 radical (unpaired) electrons. The van der Waals surface area contributed by atoms with Crippen LogP contribution in [0.4, 0.5) is 0 Å². The lowest BCUT2D eigenvalue weighted by Gasteiger charge is -2.26. The number of allylic oxidation sites excluding steroid dienone is 1. The average Bonchev–Trinajstić information content (AvgIpc) is 1.89. The van der Waals surface area contributed by atoms with E-state index in [1.807, 2.05) is 6.08 Å². The lowest BCUT2D eigenvalue weighted by atomic mass is 10.0. The van der Waals surface area contributed by atoms with Gasteiger partial charge in [0.2, 0.25) is 0 Å². The van der Waals surface area contributed by atoms with E-state index in [2.05, 4.69) is 0 Å². The molecule has 0 aromatic carbocycles. The highest BCUT2D eigenvalue weighted by Crippen LogP contribution is 2.24. The maximum absolute atomic E-state index is 10.7. The van der Waals surface area contributed by atoms with Crippen molar-refractivity contribution in [1.82, 2.24) is 0 Å². The molecule has 3 heteroatoms. The van der Waals surface area contributed by atoms with Gasteiger partial charge in [-0.1, -0.05) is 0 Å². The number of rotatable bonds is 1. The molecule has 0 bridgehead atoms. The number of hydrogen-bond donors (Lipinski definition) is 0. The molecule has 0 amide bonds. The van der Waals surface area contributed by atoms with E-state index < -0.39 is 10.8 Å². The van der Waals surface area contributed by atoms with Gasteiger partial charge in [-0.25, -0.2) is 0 Å². The molecular weight excluding hydrogens is 152 g/mol.